The van der Waals surface area contributed by atoms with Gasteiger partial charge in [0.05, 0.1) is 13.2 Å². The van der Waals surface area contributed by atoms with Crippen LogP contribution in [0.4, 0.5) is 5.69 Å². The molecule has 24 heavy (non-hydrogen) atoms. The van der Waals surface area contributed by atoms with Crippen LogP contribution in [0.25, 0.3) is 0 Å². The van der Waals surface area contributed by atoms with E-state index in [0.717, 1.165) is 11.1 Å². The van der Waals surface area contributed by atoms with Gasteiger partial charge in [0.1, 0.15) is 10.5 Å². The molecule has 0 fully saturated rings. The summed E-state index contributed by atoms with van der Waals surface area (Å²) in [5.41, 5.74) is 2.14. The van der Waals surface area contributed by atoms with E-state index in [1.54, 1.807) is 25.1 Å². The zero-order valence-corrected chi connectivity index (χ0v) is 13.6. The molecule has 3 N–H and O–H groups in total. The molecule has 0 aromatic heterocycles. The van der Waals surface area contributed by atoms with Crippen LogP contribution in [0.1, 0.15) is 27.0 Å². The number of carbonyl (C=O) groups is 1. The van der Waals surface area contributed by atoms with E-state index in [9.17, 15) is 18.3 Å². The minimum atomic E-state index is -4.14. The second-order valence-electron chi connectivity index (χ2n) is 5.55. The Morgan fingerprint density at radius 1 is 1.17 bits per heavy atom. The molecule has 0 atom stereocenters. The number of aromatic carboxylic acids is 1. The number of aryl methyl sites for hydroxylation is 1. The van der Waals surface area contributed by atoms with Gasteiger partial charge in [-0.3, -0.25) is 4.72 Å². The maximum atomic E-state index is 12.6. The summed E-state index contributed by atoms with van der Waals surface area (Å²) in [4.78, 5) is 10.7. The largest absolute Gasteiger partial charge is 0.506 e. The third-order valence-electron chi connectivity index (χ3n) is 3.71. The minimum Gasteiger partial charge on any atom is -0.506 e. The van der Waals surface area contributed by atoms with Crippen LogP contribution in [0.15, 0.2) is 35.2 Å². The number of carboxylic acid groups (broad SMARTS) is 1. The summed E-state index contributed by atoms with van der Waals surface area (Å²) in [6, 6.07) is 7.45. The normalized spacial score (nSPS) is 13.5. The Morgan fingerprint density at radius 3 is 2.58 bits per heavy atom. The first-order chi connectivity index (χ1) is 11.3. The fourth-order valence-electron chi connectivity index (χ4n) is 2.56. The van der Waals surface area contributed by atoms with Crippen LogP contribution in [0.2, 0.25) is 0 Å². The summed E-state index contributed by atoms with van der Waals surface area (Å²) in [5, 5.41) is 19.1. The van der Waals surface area contributed by atoms with E-state index in [2.05, 4.69) is 4.72 Å². The van der Waals surface area contributed by atoms with E-state index in [1.165, 1.54) is 12.1 Å². The molecule has 3 rings (SSSR count). The lowest BCUT2D eigenvalue weighted by atomic mass is 10.1. The lowest BCUT2D eigenvalue weighted by molar-refractivity contribution is 0.0693. The van der Waals surface area contributed by atoms with Crippen molar-refractivity contribution in [1.29, 1.82) is 0 Å². The SMILES string of the molecule is Cc1cc(C(=O)O)c(O)c(S(=O)(=O)Nc2ccc3c(c2)COC3)c1. The quantitative estimate of drug-likeness (QED) is 0.780. The fourth-order valence-corrected chi connectivity index (χ4v) is 3.81. The van der Waals surface area contributed by atoms with E-state index in [-0.39, 0.29) is 0 Å². The number of benzene rings is 2. The van der Waals surface area contributed by atoms with Gasteiger partial charge < -0.3 is 14.9 Å². The molecule has 0 radical (unpaired) electrons. The van der Waals surface area contributed by atoms with Gasteiger partial charge in [-0.05, 0) is 47.9 Å². The summed E-state index contributed by atoms with van der Waals surface area (Å²) in [5.74, 6) is -2.19. The number of ether oxygens (including phenoxy) is 1. The average Bonchev–Trinajstić information content (AvgIpc) is 2.96. The van der Waals surface area contributed by atoms with E-state index in [0.29, 0.717) is 24.5 Å². The highest BCUT2D eigenvalue weighted by Crippen LogP contribution is 2.31. The lowest BCUT2D eigenvalue weighted by Crippen LogP contribution is -2.15. The van der Waals surface area contributed by atoms with Crippen LogP contribution in [0.5, 0.6) is 5.75 Å². The van der Waals surface area contributed by atoms with Gasteiger partial charge in [-0.15, -0.1) is 0 Å². The summed E-state index contributed by atoms with van der Waals surface area (Å²) >= 11 is 0. The minimum absolute atomic E-state index is 0.317. The molecule has 0 unspecified atom stereocenters. The molecule has 126 valence electrons. The number of sulfonamides is 1. The molecule has 2 aromatic carbocycles. The first-order valence-electron chi connectivity index (χ1n) is 7.07. The molecule has 0 aliphatic carbocycles. The van der Waals surface area contributed by atoms with Crippen LogP contribution in [-0.2, 0) is 28.0 Å². The highest BCUT2D eigenvalue weighted by molar-refractivity contribution is 7.92. The molecule has 7 nitrogen and oxygen atoms in total. The van der Waals surface area contributed by atoms with Crippen LogP contribution < -0.4 is 4.72 Å². The Kier molecular flexibility index (Phi) is 3.94. The zero-order valence-electron chi connectivity index (χ0n) is 12.7. The van der Waals surface area contributed by atoms with E-state index in [1.807, 2.05) is 0 Å². The average molecular weight is 349 g/mol. The van der Waals surface area contributed by atoms with E-state index < -0.39 is 32.2 Å². The van der Waals surface area contributed by atoms with Crippen molar-refractivity contribution >= 4 is 21.7 Å². The summed E-state index contributed by atoms with van der Waals surface area (Å²) < 4.78 is 32.7. The second kappa shape index (κ2) is 5.81. The van der Waals surface area contributed by atoms with Crippen molar-refractivity contribution < 1.29 is 28.2 Å². The maximum absolute atomic E-state index is 12.6. The molecule has 1 aliphatic heterocycles. The fraction of sp³-hybridized carbons (Fsp3) is 0.188. The lowest BCUT2D eigenvalue weighted by Gasteiger charge is -2.12. The number of carboxylic acids is 1. The highest BCUT2D eigenvalue weighted by Gasteiger charge is 2.25. The molecule has 0 bridgehead atoms. The van der Waals surface area contributed by atoms with Gasteiger partial charge >= 0.3 is 5.97 Å². The third-order valence-corrected chi connectivity index (χ3v) is 5.11. The second-order valence-corrected chi connectivity index (χ2v) is 7.20. The van der Waals surface area contributed by atoms with Crippen molar-refractivity contribution in [3.05, 3.63) is 52.6 Å². The van der Waals surface area contributed by atoms with Crippen molar-refractivity contribution in [1.82, 2.24) is 0 Å². The maximum Gasteiger partial charge on any atom is 0.339 e. The van der Waals surface area contributed by atoms with Crippen LogP contribution in [0.3, 0.4) is 0 Å². The number of phenols is 1. The van der Waals surface area contributed by atoms with Gasteiger partial charge in [-0.1, -0.05) is 6.07 Å². The van der Waals surface area contributed by atoms with Crippen molar-refractivity contribution in [2.45, 2.75) is 25.0 Å². The molecule has 0 saturated carbocycles. The smallest absolute Gasteiger partial charge is 0.339 e. The van der Waals surface area contributed by atoms with Crippen LogP contribution >= 0.6 is 0 Å². The number of rotatable bonds is 4. The molecule has 1 heterocycles. The molecule has 0 saturated heterocycles. The topological polar surface area (TPSA) is 113 Å². The first-order valence-corrected chi connectivity index (χ1v) is 8.55. The first kappa shape index (κ1) is 16.3. The molecule has 0 amide bonds. The molecule has 1 aliphatic rings. The third kappa shape index (κ3) is 2.93. The van der Waals surface area contributed by atoms with Crippen molar-refractivity contribution in [2.75, 3.05) is 4.72 Å². The number of aromatic hydroxyl groups is 1. The number of anilines is 1. The molecule has 0 spiro atoms. The predicted octanol–water partition coefficient (Wildman–Crippen LogP) is 2.23. The van der Waals surface area contributed by atoms with Crippen molar-refractivity contribution in [3.63, 3.8) is 0 Å². The van der Waals surface area contributed by atoms with E-state index in [4.69, 9.17) is 9.84 Å². The standard InChI is InChI=1S/C16H15NO6S/c1-9-4-13(16(19)20)15(18)14(5-9)24(21,22)17-12-3-2-10-7-23-8-11(10)6-12/h2-6,17-18H,7-8H2,1H3,(H,19,20). The van der Waals surface area contributed by atoms with Gasteiger partial charge in [0.2, 0.25) is 0 Å². The number of hydrogen-bond acceptors (Lipinski definition) is 5. The van der Waals surface area contributed by atoms with E-state index >= 15 is 0 Å². The molecular formula is C16H15NO6S. The van der Waals surface area contributed by atoms with Crippen LogP contribution in [0, 0.1) is 6.92 Å². The van der Waals surface area contributed by atoms with Gasteiger partial charge in [-0.2, -0.15) is 0 Å². The summed E-state index contributed by atoms with van der Waals surface area (Å²) in [6.45, 7) is 2.45. The Bertz CT molecular complexity index is 936. The monoisotopic (exact) mass is 349 g/mol. The van der Waals surface area contributed by atoms with Crippen molar-refractivity contribution in [2.24, 2.45) is 0 Å². The van der Waals surface area contributed by atoms with Crippen LogP contribution in [-0.4, -0.2) is 24.6 Å². The predicted molar refractivity (Wildman–Crippen MR) is 85.5 cm³/mol. The Balaban J connectivity index is 2.01. The zero-order chi connectivity index (χ0) is 17.5. The summed E-state index contributed by atoms with van der Waals surface area (Å²) in [7, 11) is -4.14. The van der Waals surface area contributed by atoms with Crippen molar-refractivity contribution in [3.8, 4) is 5.75 Å². The number of fused-ring (bicyclic) bond motifs is 1. The highest BCUT2D eigenvalue weighted by atomic mass is 32.2. The van der Waals surface area contributed by atoms with Gasteiger partial charge in [0, 0.05) is 5.69 Å². The Hall–Kier alpha value is -2.58. The number of nitrogens with one attached hydrogen (secondary N) is 1. The molecular weight excluding hydrogens is 334 g/mol. The Morgan fingerprint density at radius 2 is 1.88 bits per heavy atom. The van der Waals surface area contributed by atoms with Gasteiger partial charge in [0.25, 0.3) is 10.0 Å². The number of hydrogen-bond donors (Lipinski definition) is 3. The Labute approximate surface area is 138 Å². The molecule has 8 heteroatoms. The molecule has 2 aromatic rings. The summed E-state index contributed by atoms with van der Waals surface area (Å²) in [6.07, 6.45) is 0. The van der Waals surface area contributed by atoms with Gasteiger partial charge in [-0.25, -0.2) is 13.2 Å². The van der Waals surface area contributed by atoms with Gasteiger partial charge in [0.15, 0.2) is 5.75 Å².